The van der Waals surface area contributed by atoms with Crippen LogP contribution in [0.5, 0.6) is 11.5 Å². The minimum atomic E-state index is 0.477. The van der Waals surface area contributed by atoms with Crippen LogP contribution in [0, 0.1) is 20.8 Å². The molecule has 0 fully saturated rings. The number of nitrogens with zero attached hydrogens (tertiary/aromatic N) is 4. The molecule has 0 aliphatic heterocycles. The highest BCUT2D eigenvalue weighted by Gasteiger charge is 2.16. The normalized spacial score (nSPS) is 11.7. The maximum atomic E-state index is 8.20. The molecule has 0 aliphatic carbocycles. The lowest BCUT2D eigenvalue weighted by Crippen LogP contribution is -1.99. The molecule has 0 saturated heterocycles. The minimum Gasteiger partial charge on any atom is -0.457 e. The average Bonchev–Trinajstić information content (AvgIpc) is 3.46. The maximum absolute atomic E-state index is 8.20. The molecule has 0 saturated carbocycles. The number of rotatable bonds is 5. The summed E-state index contributed by atoms with van der Waals surface area (Å²) < 4.78 is 18.8. The van der Waals surface area contributed by atoms with E-state index in [1.165, 1.54) is 0 Å². The number of aromatic nitrogens is 4. The van der Waals surface area contributed by atoms with Crippen molar-refractivity contribution < 1.29 is 6.11 Å². The van der Waals surface area contributed by atoms with E-state index in [1.807, 2.05) is 84.5 Å². The first kappa shape index (κ1) is 22.8. The highest BCUT2D eigenvalue weighted by atomic mass is 16.5. The predicted octanol–water partition coefficient (Wildman–Crippen LogP) is 8.75. The first-order valence-corrected chi connectivity index (χ1v) is 13.3. The van der Waals surface area contributed by atoms with E-state index in [1.54, 1.807) is 0 Å². The molecule has 0 spiro atoms. The van der Waals surface area contributed by atoms with E-state index in [4.69, 9.17) is 11.2 Å². The van der Waals surface area contributed by atoms with Crippen molar-refractivity contribution in [3.05, 3.63) is 132 Å². The van der Waals surface area contributed by atoms with Gasteiger partial charge in [-0.25, -0.2) is 9.67 Å². The standard InChI is InChI=1S/C35H28N4O/c1-23-18-19-36-34(20-23)38-32-15-8-7-14-30(32)31-17-16-29(22-33(31)38)40-28-13-9-12-27(21-28)39-25(3)35(24(2)37-39)26-10-5-4-6-11-26/h4-22H,1-3H3/i7D. The summed E-state index contributed by atoms with van der Waals surface area (Å²) in [5, 5.41) is 6.93. The van der Waals surface area contributed by atoms with Crippen LogP contribution < -0.4 is 4.74 Å². The number of ether oxygens (including phenoxy) is 1. The van der Waals surface area contributed by atoms with Gasteiger partial charge in [-0.2, -0.15) is 5.10 Å². The van der Waals surface area contributed by atoms with Gasteiger partial charge in [0.2, 0.25) is 0 Å². The van der Waals surface area contributed by atoms with Crippen LogP contribution in [0.1, 0.15) is 18.3 Å². The number of fused-ring (bicyclic) bond motifs is 3. The zero-order chi connectivity index (χ0) is 28.1. The van der Waals surface area contributed by atoms with Crippen molar-refractivity contribution >= 4 is 21.8 Å². The van der Waals surface area contributed by atoms with Crippen LogP contribution in [-0.2, 0) is 0 Å². The number of pyridine rings is 1. The maximum Gasteiger partial charge on any atom is 0.137 e. The molecular weight excluding hydrogens is 492 g/mol. The van der Waals surface area contributed by atoms with E-state index in [9.17, 15) is 0 Å². The quantitative estimate of drug-likeness (QED) is 0.227. The van der Waals surface area contributed by atoms with Gasteiger partial charge in [0, 0.05) is 40.4 Å². The van der Waals surface area contributed by atoms with Crippen molar-refractivity contribution in [3.63, 3.8) is 0 Å². The number of benzene rings is 4. The summed E-state index contributed by atoms with van der Waals surface area (Å²) in [6.07, 6.45) is 1.83. The summed E-state index contributed by atoms with van der Waals surface area (Å²) in [6.45, 7) is 6.21. The van der Waals surface area contributed by atoms with Crippen molar-refractivity contribution in [3.8, 4) is 34.1 Å². The van der Waals surface area contributed by atoms with E-state index in [-0.39, 0.29) is 0 Å². The Morgan fingerprint density at radius 2 is 1.55 bits per heavy atom. The third-order valence-corrected chi connectivity index (χ3v) is 7.36. The molecule has 0 aliphatic rings. The van der Waals surface area contributed by atoms with Gasteiger partial charge in [-0.15, -0.1) is 0 Å². The van der Waals surface area contributed by atoms with Crippen molar-refractivity contribution in [2.75, 3.05) is 0 Å². The van der Waals surface area contributed by atoms with E-state index in [0.717, 1.165) is 72.9 Å². The second kappa shape index (κ2) is 9.54. The molecule has 0 amide bonds. The Morgan fingerprint density at radius 3 is 2.40 bits per heavy atom. The largest absolute Gasteiger partial charge is 0.457 e. The average molecular weight is 522 g/mol. The fourth-order valence-corrected chi connectivity index (χ4v) is 5.57. The summed E-state index contributed by atoms with van der Waals surface area (Å²) >= 11 is 0. The smallest absolute Gasteiger partial charge is 0.137 e. The molecule has 5 heteroatoms. The van der Waals surface area contributed by atoms with Crippen LogP contribution in [0.4, 0.5) is 0 Å². The third kappa shape index (κ3) is 4.03. The molecule has 0 unspecified atom stereocenters. The molecular formula is C35H28N4O. The molecule has 7 aromatic rings. The van der Waals surface area contributed by atoms with Crippen molar-refractivity contribution in [1.29, 1.82) is 0 Å². The van der Waals surface area contributed by atoms with Gasteiger partial charge in [0.25, 0.3) is 0 Å². The van der Waals surface area contributed by atoms with E-state index >= 15 is 0 Å². The summed E-state index contributed by atoms with van der Waals surface area (Å²) in [7, 11) is 0. The van der Waals surface area contributed by atoms with Crippen LogP contribution in [0.2, 0.25) is 0 Å². The van der Waals surface area contributed by atoms with Gasteiger partial charge in [0.15, 0.2) is 0 Å². The van der Waals surface area contributed by atoms with E-state index in [0.29, 0.717) is 6.04 Å². The Bertz CT molecular complexity index is 2070. The summed E-state index contributed by atoms with van der Waals surface area (Å²) in [4.78, 5) is 4.67. The molecule has 0 radical (unpaired) electrons. The summed E-state index contributed by atoms with van der Waals surface area (Å²) in [5.74, 6) is 2.27. The zero-order valence-electron chi connectivity index (χ0n) is 23.6. The van der Waals surface area contributed by atoms with Crippen LogP contribution in [0.15, 0.2) is 115 Å². The van der Waals surface area contributed by atoms with Crippen molar-refractivity contribution in [1.82, 2.24) is 19.3 Å². The van der Waals surface area contributed by atoms with Crippen molar-refractivity contribution in [2.24, 2.45) is 0 Å². The first-order valence-electron chi connectivity index (χ1n) is 13.8. The lowest BCUT2D eigenvalue weighted by Gasteiger charge is -2.11. The van der Waals surface area contributed by atoms with Gasteiger partial charge in [-0.3, -0.25) is 4.57 Å². The summed E-state index contributed by atoms with van der Waals surface area (Å²) in [5.41, 5.74) is 8.42. The Balaban J connectivity index is 1.30. The number of hydrogen-bond acceptors (Lipinski definition) is 3. The molecule has 5 nitrogen and oxygen atoms in total. The summed E-state index contributed by atoms with van der Waals surface area (Å²) in [6, 6.07) is 34.7. The molecule has 40 heavy (non-hydrogen) atoms. The van der Waals surface area contributed by atoms with Crippen LogP contribution in [0.3, 0.4) is 0 Å². The van der Waals surface area contributed by atoms with E-state index < -0.39 is 0 Å². The number of aryl methyl sites for hydroxylation is 2. The second-order valence-corrected chi connectivity index (χ2v) is 10.1. The van der Waals surface area contributed by atoms with E-state index in [2.05, 4.69) is 59.8 Å². The molecule has 194 valence electrons. The van der Waals surface area contributed by atoms with Gasteiger partial charge in [-0.05, 0) is 74.4 Å². The molecule has 0 atom stereocenters. The van der Waals surface area contributed by atoms with Gasteiger partial charge in [-0.1, -0.05) is 54.6 Å². The highest BCUT2D eigenvalue weighted by molar-refractivity contribution is 6.09. The Labute approximate surface area is 234 Å². The SMILES string of the molecule is [2H]c1ccc2c(c1)c1ccc(Oc3cccc(-n4nc(C)c(-c5ccccc5)c4C)c3)cc1n2-c1cc(C)ccn1. The molecule has 0 N–H and O–H groups in total. The monoisotopic (exact) mass is 521 g/mol. The Hall–Kier alpha value is -5.16. The third-order valence-electron chi connectivity index (χ3n) is 7.36. The van der Waals surface area contributed by atoms with Gasteiger partial charge >= 0.3 is 0 Å². The molecule has 3 aromatic heterocycles. The second-order valence-electron chi connectivity index (χ2n) is 10.1. The lowest BCUT2D eigenvalue weighted by molar-refractivity contribution is 0.483. The van der Waals surface area contributed by atoms with Crippen LogP contribution in [-0.4, -0.2) is 19.3 Å². The lowest BCUT2D eigenvalue weighted by atomic mass is 10.0. The van der Waals surface area contributed by atoms with Crippen molar-refractivity contribution in [2.45, 2.75) is 20.8 Å². The Morgan fingerprint density at radius 1 is 0.725 bits per heavy atom. The van der Waals surface area contributed by atoms with Crippen LogP contribution >= 0.6 is 0 Å². The van der Waals surface area contributed by atoms with Gasteiger partial charge in [0.1, 0.15) is 17.3 Å². The number of hydrogen-bond donors (Lipinski definition) is 0. The molecule has 4 aromatic carbocycles. The fourth-order valence-electron chi connectivity index (χ4n) is 5.57. The highest BCUT2D eigenvalue weighted by Crippen LogP contribution is 2.35. The molecule has 0 bridgehead atoms. The first-order chi connectivity index (χ1) is 20.0. The topological polar surface area (TPSA) is 44.9 Å². The van der Waals surface area contributed by atoms with Crippen LogP contribution in [0.25, 0.3) is 44.4 Å². The molecule has 7 rings (SSSR count). The Kier molecular flexibility index (Phi) is 5.44. The fraction of sp³-hybridized carbons (Fsp3) is 0.0857. The number of para-hydroxylation sites is 1. The van der Waals surface area contributed by atoms with Gasteiger partial charge in [0.05, 0.1) is 23.8 Å². The minimum absolute atomic E-state index is 0.477. The van der Waals surface area contributed by atoms with Gasteiger partial charge < -0.3 is 4.74 Å². The zero-order valence-corrected chi connectivity index (χ0v) is 22.6. The molecule has 3 heterocycles. The predicted molar refractivity (Wildman–Crippen MR) is 162 cm³/mol.